The molecule has 0 saturated carbocycles. The number of rotatable bonds is 7. The molecule has 0 spiro atoms. The fourth-order valence-electron chi connectivity index (χ4n) is 3.24. The Kier molecular flexibility index (Phi) is 5.16. The van der Waals surface area contributed by atoms with Crippen LogP contribution in [0, 0.1) is 0 Å². The summed E-state index contributed by atoms with van der Waals surface area (Å²) in [5, 5.41) is 15.8. The number of ether oxygens (including phenoxy) is 1. The average Bonchev–Trinajstić information content (AvgIpc) is 3.30. The summed E-state index contributed by atoms with van der Waals surface area (Å²) in [7, 11) is 1.17. The van der Waals surface area contributed by atoms with Gasteiger partial charge in [-0.1, -0.05) is 17.3 Å². The van der Waals surface area contributed by atoms with Gasteiger partial charge in [-0.3, -0.25) is 19.3 Å². The molecular weight excluding hydrogens is 368 g/mol. The number of hydrogen-bond donors (Lipinski definition) is 2. The highest BCUT2D eigenvalue weighted by Gasteiger charge is 2.46. The molecule has 1 unspecified atom stereocenters. The summed E-state index contributed by atoms with van der Waals surface area (Å²) >= 11 is 0. The summed E-state index contributed by atoms with van der Waals surface area (Å²) in [6.45, 7) is 1.28. The number of tetrazole rings is 1. The number of methoxy groups -OCH3 is 1. The Hall–Kier alpha value is -3.63. The lowest BCUT2D eigenvalue weighted by molar-refractivity contribution is -0.152. The maximum Gasteiger partial charge on any atom is 0.339 e. The number of imide groups is 1. The van der Waals surface area contributed by atoms with Crippen LogP contribution in [0.15, 0.2) is 24.3 Å². The number of hydrogen-bond acceptors (Lipinski definition) is 8. The molecule has 0 aliphatic carbocycles. The largest absolute Gasteiger partial charge is 0.467 e. The molecule has 2 heterocycles. The monoisotopic (exact) mass is 386 g/mol. The molecular formula is C17H18N6O5. The normalized spacial score (nSPS) is 15.1. The second kappa shape index (κ2) is 7.55. The highest BCUT2D eigenvalue weighted by Crippen LogP contribution is 2.27. The van der Waals surface area contributed by atoms with Crippen LogP contribution in [0.4, 0.5) is 0 Å². The van der Waals surface area contributed by atoms with E-state index in [0.29, 0.717) is 11.1 Å². The minimum atomic E-state index is -1.69. The number of esters is 1. The van der Waals surface area contributed by atoms with E-state index in [-0.39, 0.29) is 25.2 Å². The van der Waals surface area contributed by atoms with Gasteiger partial charge in [-0.05, 0) is 25.0 Å². The number of H-pyrrole nitrogens is 1. The molecule has 1 aliphatic rings. The van der Waals surface area contributed by atoms with Crippen molar-refractivity contribution in [1.82, 2.24) is 30.8 Å². The van der Waals surface area contributed by atoms with E-state index in [0.717, 1.165) is 4.90 Å². The van der Waals surface area contributed by atoms with E-state index in [1.807, 2.05) is 0 Å². The van der Waals surface area contributed by atoms with Crippen molar-refractivity contribution in [2.75, 3.05) is 13.7 Å². The number of nitrogens with one attached hydrogen (secondary N) is 2. The molecule has 2 aromatic rings. The van der Waals surface area contributed by atoms with Gasteiger partial charge in [0.25, 0.3) is 11.8 Å². The van der Waals surface area contributed by atoms with Crippen molar-refractivity contribution in [1.29, 1.82) is 0 Å². The molecule has 1 aromatic heterocycles. The van der Waals surface area contributed by atoms with Crippen LogP contribution >= 0.6 is 0 Å². The van der Waals surface area contributed by atoms with E-state index in [9.17, 15) is 19.2 Å². The fourth-order valence-corrected chi connectivity index (χ4v) is 3.24. The molecule has 0 radical (unpaired) electrons. The highest BCUT2D eigenvalue weighted by atomic mass is 16.5. The van der Waals surface area contributed by atoms with Crippen LogP contribution in [0.2, 0.25) is 0 Å². The summed E-state index contributed by atoms with van der Waals surface area (Å²) in [6.07, 6.45) is 0.182. The SMILES string of the molecule is COC(=O)C(CCCN1C(=O)c2ccccc2C1=O)(NC(C)=O)c1nn[nH]n1. The Labute approximate surface area is 159 Å². The number of carbonyl (C=O) groups is 4. The van der Waals surface area contributed by atoms with Crippen molar-refractivity contribution < 1.29 is 23.9 Å². The van der Waals surface area contributed by atoms with E-state index in [1.165, 1.54) is 14.0 Å². The van der Waals surface area contributed by atoms with Crippen molar-refractivity contribution in [3.8, 4) is 0 Å². The Morgan fingerprint density at radius 2 is 1.86 bits per heavy atom. The summed E-state index contributed by atoms with van der Waals surface area (Å²) in [4.78, 5) is 50.3. The van der Waals surface area contributed by atoms with Crippen molar-refractivity contribution in [2.24, 2.45) is 0 Å². The topological polar surface area (TPSA) is 147 Å². The predicted molar refractivity (Wildman–Crippen MR) is 92.7 cm³/mol. The van der Waals surface area contributed by atoms with Gasteiger partial charge in [0.2, 0.25) is 17.3 Å². The van der Waals surface area contributed by atoms with Gasteiger partial charge in [-0.15, -0.1) is 10.2 Å². The molecule has 1 aromatic carbocycles. The lowest BCUT2D eigenvalue weighted by Gasteiger charge is -2.29. The molecule has 3 amide bonds. The Balaban J connectivity index is 1.80. The Morgan fingerprint density at radius 3 is 2.36 bits per heavy atom. The first-order valence-electron chi connectivity index (χ1n) is 8.47. The number of benzene rings is 1. The standard InChI is InChI=1S/C17H18N6O5/c1-10(24)18-17(16(27)28-2,15-19-21-22-20-15)8-5-9-23-13(25)11-6-3-4-7-12(11)14(23)26/h3-4,6-7H,5,8-9H2,1-2H3,(H,18,24)(H,19,20,21,22). The molecule has 2 N–H and O–H groups in total. The van der Waals surface area contributed by atoms with Crippen LogP contribution in [0.1, 0.15) is 46.3 Å². The van der Waals surface area contributed by atoms with E-state index < -0.39 is 29.2 Å². The molecule has 3 rings (SSSR count). The molecule has 0 bridgehead atoms. The molecule has 0 saturated heterocycles. The third kappa shape index (κ3) is 3.21. The number of amides is 3. The van der Waals surface area contributed by atoms with Gasteiger partial charge >= 0.3 is 5.97 Å². The molecule has 28 heavy (non-hydrogen) atoms. The number of aromatic amines is 1. The Bertz CT molecular complexity index is 893. The van der Waals surface area contributed by atoms with Crippen LogP contribution < -0.4 is 5.32 Å². The van der Waals surface area contributed by atoms with Crippen molar-refractivity contribution in [2.45, 2.75) is 25.3 Å². The van der Waals surface area contributed by atoms with Crippen molar-refractivity contribution in [3.05, 3.63) is 41.2 Å². The van der Waals surface area contributed by atoms with Crippen LogP contribution in [-0.4, -0.2) is 62.9 Å². The number of aromatic nitrogens is 4. The number of carbonyl (C=O) groups excluding carboxylic acids is 4. The van der Waals surface area contributed by atoms with E-state index in [1.54, 1.807) is 24.3 Å². The fraction of sp³-hybridized carbons (Fsp3) is 0.353. The first kappa shape index (κ1) is 19.1. The summed E-state index contributed by atoms with van der Waals surface area (Å²) in [5.41, 5.74) is -1.01. The minimum Gasteiger partial charge on any atom is -0.467 e. The maximum atomic E-state index is 12.5. The molecule has 1 aliphatic heterocycles. The summed E-state index contributed by atoms with van der Waals surface area (Å²) < 4.78 is 4.83. The molecule has 11 nitrogen and oxygen atoms in total. The minimum absolute atomic E-state index is 0.00775. The second-order valence-electron chi connectivity index (χ2n) is 6.22. The lowest BCUT2D eigenvalue weighted by Crippen LogP contribution is -2.53. The van der Waals surface area contributed by atoms with E-state index >= 15 is 0 Å². The van der Waals surface area contributed by atoms with Gasteiger partial charge in [-0.2, -0.15) is 5.21 Å². The van der Waals surface area contributed by atoms with E-state index in [4.69, 9.17) is 4.74 Å². The van der Waals surface area contributed by atoms with Gasteiger partial charge in [0.1, 0.15) is 0 Å². The zero-order chi connectivity index (χ0) is 20.3. The maximum absolute atomic E-state index is 12.5. The van der Waals surface area contributed by atoms with Crippen LogP contribution in [-0.2, 0) is 19.9 Å². The predicted octanol–water partition coefficient (Wildman–Crippen LogP) is -0.219. The highest BCUT2D eigenvalue weighted by molar-refractivity contribution is 6.21. The van der Waals surface area contributed by atoms with Crippen molar-refractivity contribution >= 4 is 23.7 Å². The average molecular weight is 386 g/mol. The van der Waals surface area contributed by atoms with Gasteiger partial charge in [0.15, 0.2) is 0 Å². The third-order valence-electron chi connectivity index (χ3n) is 4.46. The van der Waals surface area contributed by atoms with Gasteiger partial charge < -0.3 is 10.1 Å². The van der Waals surface area contributed by atoms with Crippen LogP contribution in [0.25, 0.3) is 0 Å². The third-order valence-corrected chi connectivity index (χ3v) is 4.46. The smallest absolute Gasteiger partial charge is 0.339 e. The van der Waals surface area contributed by atoms with Gasteiger partial charge in [0, 0.05) is 13.5 Å². The zero-order valence-electron chi connectivity index (χ0n) is 15.3. The van der Waals surface area contributed by atoms with Crippen molar-refractivity contribution in [3.63, 3.8) is 0 Å². The zero-order valence-corrected chi connectivity index (χ0v) is 15.3. The summed E-state index contributed by atoms with van der Waals surface area (Å²) in [6, 6.07) is 6.54. The summed E-state index contributed by atoms with van der Waals surface area (Å²) in [5.74, 6) is -2.16. The lowest BCUT2D eigenvalue weighted by atomic mass is 9.92. The van der Waals surface area contributed by atoms with Crippen LogP contribution in [0.5, 0.6) is 0 Å². The quantitative estimate of drug-likeness (QED) is 0.490. The molecule has 1 atom stereocenters. The molecule has 11 heteroatoms. The Morgan fingerprint density at radius 1 is 1.21 bits per heavy atom. The molecule has 0 fully saturated rings. The van der Waals surface area contributed by atoms with Gasteiger partial charge in [-0.25, -0.2) is 4.79 Å². The van der Waals surface area contributed by atoms with Crippen LogP contribution in [0.3, 0.4) is 0 Å². The first-order chi connectivity index (χ1) is 13.4. The first-order valence-corrected chi connectivity index (χ1v) is 8.47. The number of nitrogens with zero attached hydrogens (tertiary/aromatic N) is 4. The van der Waals surface area contributed by atoms with Gasteiger partial charge in [0.05, 0.1) is 18.2 Å². The van der Waals surface area contributed by atoms with E-state index in [2.05, 4.69) is 25.9 Å². The number of fused-ring (bicyclic) bond motifs is 1. The second-order valence-corrected chi connectivity index (χ2v) is 6.22. The molecule has 146 valence electrons.